The van der Waals surface area contributed by atoms with Gasteiger partial charge in [0, 0.05) is 39.3 Å². The molecule has 194 valence electrons. The molecule has 1 heterocycles. The van der Waals surface area contributed by atoms with E-state index in [2.05, 4.69) is 29.2 Å². The van der Waals surface area contributed by atoms with Gasteiger partial charge in [-0.05, 0) is 35.4 Å². The molecule has 6 nitrogen and oxygen atoms in total. The smallest absolute Gasteiger partial charge is 0.243 e. The third-order valence-electron chi connectivity index (χ3n) is 6.23. The number of carbonyl (C=O) groups is 1. The molecule has 37 heavy (non-hydrogen) atoms. The summed E-state index contributed by atoms with van der Waals surface area (Å²) >= 11 is 12.2. The minimum absolute atomic E-state index is 0.00407. The van der Waals surface area contributed by atoms with E-state index in [1.807, 2.05) is 18.2 Å². The second kappa shape index (κ2) is 12.7. The Kier molecular flexibility index (Phi) is 9.40. The molecule has 1 saturated heterocycles. The standard InChI is InChI=1S/C28H29Cl2N3O3S/c29-26-14-13-24(20-27(26)30)21-33(37(35,36)25-11-5-2-6-12-25)22-28(34)32-18-16-31(17-19-32)15-7-10-23-8-3-1-4-9-23/h1-14,20H,15-19,21-22H2/b10-7+. The summed E-state index contributed by atoms with van der Waals surface area (Å²) in [6, 6.07) is 23.2. The van der Waals surface area contributed by atoms with Crippen LogP contribution in [0.5, 0.6) is 0 Å². The summed E-state index contributed by atoms with van der Waals surface area (Å²) in [6.45, 7) is 3.08. The van der Waals surface area contributed by atoms with E-state index < -0.39 is 10.0 Å². The zero-order valence-electron chi connectivity index (χ0n) is 20.3. The van der Waals surface area contributed by atoms with Crippen LogP contribution in [0.1, 0.15) is 11.1 Å². The van der Waals surface area contributed by atoms with Gasteiger partial charge in [0.05, 0.1) is 21.5 Å². The Bertz CT molecular complexity index is 1330. The summed E-state index contributed by atoms with van der Waals surface area (Å²) < 4.78 is 28.2. The van der Waals surface area contributed by atoms with Crippen LogP contribution in [0, 0.1) is 0 Å². The fourth-order valence-electron chi connectivity index (χ4n) is 4.14. The molecule has 0 saturated carbocycles. The first-order chi connectivity index (χ1) is 17.8. The lowest BCUT2D eigenvalue weighted by molar-refractivity contribution is -0.133. The SMILES string of the molecule is O=C(CN(Cc1ccc(Cl)c(Cl)c1)S(=O)(=O)c1ccccc1)N1CCN(C/C=C/c2ccccc2)CC1. The first kappa shape index (κ1) is 27.4. The van der Waals surface area contributed by atoms with Gasteiger partial charge in [0.25, 0.3) is 0 Å². The molecule has 0 spiro atoms. The monoisotopic (exact) mass is 557 g/mol. The third-order valence-corrected chi connectivity index (χ3v) is 8.78. The number of benzene rings is 3. The van der Waals surface area contributed by atoms with Gasteiger partial charge in [-0.1, -0.05) is 90.0 Å². The first-order valence-electron chi connectivity index (χ1n) is 12.0. The van der Waals surface area contributed by atoms with Gasteiger partial charge < -0.3 is 4.90 Å². The average Bonchev–Trinajstić information content (AvgIpc) is 2.92. The highest BCUT2D eigenvalue weighted by Gasteiger charge is 2.30. The third kappa shape index (κ3) is 7.43. The maximum atomic E-state index is 13.5. The Morgan fingerprint density at radius 1 is 0.865 bits per heavy atom. The number of carbonyl (C=O) groups excluding carboxylic acids is 1. The van der Waals surface area contributed by atoms with Crippen LogP contribution in [0.2, 0.25) is 10.0 Å². The molecule has 0 radical (unpaired) electrons. The largest absolute Gasteiger partial charge is 0.339 e. The van der Waals surface area contributed by atoms with Crippen LogP contribution in [0.25, 0.3) is 6.08 Å². The average molecular weight is 559 g/mol. The van der Waals surface area contributed by atoms with Gasteiger partial charge in [0.1, 0.15) is 0 Å². The maximum Gasteiger partial charge on any atom is 0.243 e. The molecule has 1 aliphatic rings. The molecular formula is C28H29Cl2N3O3S. The van der Waals surface area contributed by atoms with Crippen LogP contribution < -0.4 is 0 Å². The van der Waals surface area contributed by atoms with Gasteiger partial charge in [-0.15, -0.1) is 0 Å². The van der Waals surface area contributed by atoms with Crippen LogP contribution in [0.15, 0.2) is 89.8 Å². The van der Waals surface area contributed by atoms with Crippen molar-refractivity contribution in [2.24, 2.45) is 0 Å². The van der Waals surface area contributed by atoms with Crippen LogP contribution in [-0.2, 0) is 21.4 Å². The number of amides is 1. The normalized spacial score (nSPS) is 14.9. The van der Waals surface area contributed by atoms with E-state index in [1.165, 1.54) is 16.4 Å². The van der Waals surface area contributed by atoms with Gasteiger partial charge in [0.2, 0.25) is 15.9 Å². The number of rotatable bonds is 9. The van der Waals surface area contributed by atoms with E-state index in [9.17, 15) is 13.2 Å². The number of piperazine rings is 1. The van der Waals surface area contributed by atoms with Crippen LogP contribution in [0.3, 0.4) is 0 Å². The van der Waals surface area contributed by atoms with Crippen LogP contribution >= 0.6 is 23.2 Å². The van der Waals surface area contributed by atoms with Crippen molar-refractivity contribution in [2.45, 2.75) is 11.4 Å². The van der Waals surface area contributed by atoms with E-state index in [1.54, 1.807) is 41.3 Å². The number of nitrogens with zero attached hydrogens (tertiary/aromatic N) is 3. The summed E-state index contributed by atoms with van der Waals surface area (Å²) in [7, 11) is -3.91. The summed E-state index contributed by atoms with van der Waals surface area (Å²) in [4.78, 5) is 17.4. The van der Waals surface area contributed by atoms with E-state index in [0.717, 1.165) is 25.2 Å². The van der Waals surface area contributed by atoms with E-state index >= 15 is 0 Å². The molecule has 0 aliphatic carbocycles. The fraction of sp³-hybridized carbons (Fsp3) is 0.250. The van der Waals surface area contributed by atoms with E-state index in [0.29, 0.717) is 28.7 Å². The molecule has 0 bridgehead atoms. The number of halogens is 2. The number of hydrogen-bond donors (Lipinski definition) is 0. The highest BCUT2D eigenvalue weighted by Crippen LogP contribution is 2.25. The van der Waals surface area contributed by atoms with Gasteiger partial charge in [0.15, 0.2) is 0 Å². The molecule has 4 rings (SSSR count). The number of sulfonamides is 1. The second-order valence-corrected chi connectivity index (χ2v) is 11.6. The highest BCUT2D eigenvalue weighted by molar-refractivity contribution is 7.89. The summed E-state index contributed by atoms with van der Waals surface area (Å²) in [5.74, 6) is -0.223. The Morgan fingerprint density at radius 2 is 1.51 bits per heavy atom. The highest BCUT2D eigenvalue weighted by atomic mass is 35.5. The summed E-state index contributed by atoms with van der Waals surface area (Å²) in [5, 5.41) is 0.718. The second-order valence-electron chi connectivity index (χ2n) is 8.83. The molecule has 0 aromatic heterocycles. The molecular weight excluding hydrogens is 529 g/mol. The summed E-state index contributed by atoms with van der Waals surface area (Å²) in [6.07, 6.45) is 4.21. The van der Waals surface area contributed by atoms with Gasteiger partial charge in [-0.2, -0.15) is 4.31 Å². The van der Waals surface area contributed by atoms with Gasteiger partial charge >= 0.3 is 0 Å². The Morgan fingerprint density at radius 3 is 2.16 bits per heavy atom. The summed E-state index contributed by atoms with van der Waals surface area (Å²) in [5.41, 5.74) is 1.80. The molecule has 0 N–H and O–H groups in total. The van der Waals surface area contributed by atoms with Crippen molar-refractivity contribution in [1.29, 1.82) is 0 Å². The van der Waals surface area contributed by atoms with Crippen molar-refractivity contribution in [3.8, 4) is 0 Å². The maximum absolute atomic E-state index is 13.5. The Balaban J connectivity index is 1.41. The molecule has 1 aliphatic heterocycles. The lowest BCUT2D eigenvalue weighted by Crippen LogP contribution is -2.51. The zero-order valence-corrected chi connectivity index (χ0v) is 22.7. The van der Waals surface area contributed by atoms with Crippen molar-refractivity contribution in [1.82, 2.24) is 14.1 Å². The van der Waals surface area contributed by atoms with Gasteiger partial charge in [-0.25, -0.2) is 8.42 Å². The topological polar surface area (TPSA) is 60.9 Å². The Hall–Kier alpha value is -2.68. The van der Waals surface area contributed by atoms with Crippen LogP contribution in [0.4, 0.5) is 0 Å². The van der Waals surface area contributed by atoms with Crippen molar-refractivity contribution < 1.29 is 13.2 Å². The minimum Gasteiger partial charge on any atom is -0.339 e. The molecule has 3 aromatic carbocycles. The predicted molar refractivity (Wildman–Crippen MR) is 149 cm³/mol. The number of hydrogen-bond acceptors (Lipinski definition) is 4. The molecule has 0 unspecified atom stereocenters. The quantitative estimate of drug-likeness (QED) is 0.369. The van der Waals surface area contributed by atoms with Crippen molar-refractivity contribution in [3.63, 3.8) is 0 Å². The van der Waals surface area contributed by atoms with Crippen molar-refractivity contribution >= 4 is 45.2 Å². The van der Waals surface area contributed by atoms with E-state index in [-0.39, 0.29) is 23.9 Å². The fourth-order valence-corrected chi connectivity index (χ4v) is 5.86. The minimum atomic E-state index is -3.91. The molecule has 1 fully saturated rings. The van der Waals surface area contributed by atoms with Gasteiger partial charge in [-0.3, -0.25) is 9.69 Å². The first-order valence-corrected chi connectivity index (χ1v) is 14.2. The van der Waals surface area contributed by atoms with Crippen molar-refractivity contribution in [2.75, 3.05) is 39.3 Å². The molecule has 3 aromatic rings. The lowest BCUT2D eigenvalue weighted by Gasteiger charge is -2.35. The zero-order chi connectivity index (χ0) is 26.3. The Labute approximate surface area is 228 Å². The predicted octanol–water partition coefficient (Wildman–Crippen LogP) is 5.04. The lowest BCUT2D eigenvalue weighted by atomic mass is 10.2. The van der Waals surface area contributed by atoms with Crippen molar-refractivity contribution in [3.05, 3.63) is 106 Å². The van der Waals surface area contributed by atoms with E-state index in [4.69, 9.17) is 23.2 Å². The van der Waals surface area contributed by atoms with Crippen LogP contribution in [-0.4, -0.2) is 67.7 Å². The molecule has 9 heteroatoms. The molecule has 0 atom stereocenters. The molecule has 1 amide bonds.